The van der Waals surface area contributed by atoms with Crippen molar-refractivity contribution in [2.24, 2.45) is 5.41 Å². The van der Waals surface area contributed by atoms with Crippen LogP contribution in [-0.2, 0) is 0 Å². The molecule has 0 unspecified atom stereocenters. The third kappa shape index (κ3) is 6.05. The molecule has 1 saturated heterocycles. The Kier molecular flexibility index (Phi) is 8.28. The topological polar surface area (TPSA) is 54.8 Å². The van der Waals surface area contributed by atoms with Gasteiger partial charge < -0.3 is 9.64 Å². The Morgan fingerprint density at radius 2 is 1.69 bits per heavy atom. The van der Waals surface area contributed by atoms with E-state index in [4.69, 9.17) is 27.9 Å². The molecule has 3 aromatic rings. The summed E-state index contributed by atoms with van der Waals surface area (Å²) in [6, 6.07) is 14.5. The Balaban J connectivity index is 1.27. The highest BCUT2D eigenvalue weighted by Gasteiger charge is 2.25. The number of benzene rings is 2. The normalized spacial score (nSPS) is 14.9. The van der Waals surface area contributed by atoms with Gasteiger partial charge in [0.05, 0.1) is 27.9 Å². The van der Waals surface area contributed by atoms with Gasteiger partial charge in [0.2, 0.25) is 5.91 Å². The average Bonchev–Trinajstić information content (AvgIpc) is 2.85. The maximum absolute atomic E-state index is 12.9. The van der Waals surface area contributed by atoms with Crippen LogP contribution in [0.25, 0.3) is 10.9 Å². The molecule has 1 fully saturated rings. The molecule has 0 N–H and O–H groups in total. The van der Waals surface area contributed by atoms with Gasteiger partial charge in [0.1, 0.15) is 5.75 Å². The Hall–Kier alpha value is -2.54. The summed E-state index contributed by atoms with van der Waals surface area (Å²) in [5.74, 6) is 0.434. The summed E-state index contributed by atoms with van der Waals surface area (Å²) in [7, 11) is 0. The van der Waals surface area contributed by atoms with E-state index >= 15 is 0 Å². The molecular weight excluding hydrogens is 497 g/mol. The van der Waals surface area contributed by atoms with Crippen molar-refractivity contribution in [3.63, 3.8) is 0 Å². The summed E-state index contributed by atoms with van der Waals surface area (Å²) in [6.45, 7) is 10.8. The molecule has 1 aromatic heterocycles. The zero-order chi connectivity index (χ0) is 25.9. The number of rotatable bonds is 7. The first-order valence-corrected chi connectivity index (χ1v) is 13.2. The summed E-state index contributed by atoms with van der Waals surface area (Å²) >= 11 is 12.5. The van der Waals surface area contributed by atoms with Crippen LogP contribution in [0.4, 0.5) is 5.69 Å². The van der Waals surface area contributed by atoms with Crippen LogP contribution >= 0.6 is 23.2 Å². The fourth-order valence-corrected chi connectivity index (χ4v) is 4.84. The van der Waals surface area contributed by atoms with Crippen molar-refractivity contribution < 1.29 is 9.53 Å². The van der Waals surface area contributed by atoms with Crippen LogP contribution in [0.1, 0.15) is 38.4 Å². The molecule has 0 atom stereocenters. The molecule has 2 aromatic carbocycles. The molecule has 8 heteroatoms. The van der Waals surface area contributed by atoms with Gasteiger partial charge in [0.15, 0.2) is 0 Å². The second kappa shape index (κ2) is 11.2. The molecule has 192 valence electrons. The number of carbonyl (C=O) groups excluding carboxylic acids is 1. The smallest absolute Gasteiger partial charge is 0.257 e. The zero-order valence-corrected chi connectivity index (χ0v) is 22.6. The predicted octanol–water partition coefficient (Wildman–Crippen LogP) is 5.98. The highest BCUT2D eigenvalue weighted by Crippen LogP contribution is 2.33. The Morgan fingerprint density at radius 3 is 2.42 bits per heavy atom. The van der Waals surface area contributed by atoms with Gasteiger partial charge in [-0.2, -0.15) is 0 Å². The molecule has 36 heavy (non-hydrogen) atoms. The van der Waals surface area contributed by atoms with Crippen molar-refractivity contribution in [3.8, 4) is 5.75 Å². The highest BCUT2D eigenvalue weighted by atomic mass is 35.5. The molecular formula is C28H33Cl2N3O3. The van der Waals surface area contributed by atoms with E-state index in [-0.39, 0.29) is 11.5 Å². The van der Waals surface area contributed by atoms with Crippen molar-refractivity contribution in [2.75, 3.05) is 44.2 Å². The molecule has 0 aliphatic carbocycles. The Morgan fingerprint density at radius 1 is 0.972 bits per heavy atom. The van der Waals surface area contributed by atoms with Crippen LogP contribution in [0.15, 0.2) is 53.3 Å². The molecule has 0 radical (unpaired) electrons. The number of pyridine rings is 1. The van der Waals surface area contributed by atoms with E-state index in [9.17, 15) is 9.59 Å². The third-order valence-electron chi connectivity index (χ3n) is 6.49. The van der Waals surface area contributed by atoms with Gasteiger partial charge in [0, 0.05) is 43.7 Å². The number of anilines is 1. The lowest BCUT2D eigenvalue weighted by Crippen LogP contribution is -2.46. The minimum Gasteiger partial charge on any atom is -0.494 e. The first-order chi connectivity index (χ1) is 17.1. The standard InChI is InChI=1S/C28H33Cl2N3O3/c1-28(2,3)27(35)33-24-19-21(11-9-20(24)10-12-25(33)34)36-18-5-4-13-31-14-16-32(17-15-31)23-8-6-7-22(29)26(23)30/h6-12,19H,4-5,13-18H2,1-3H3. The van der Waals surface area contributed by atoms with Gasteiger partial charge in [-0.3, -0.25) is 14.5 Å². The fourth-order valence-electron chi connectivity index (χ4n) is 4.42. The maximum Gasteiger partial charge on any atom is 0.257 e. The van der Waals surface area contributed by atoms with Crippen molar-refractivity contribution in [1.29, 1.82) is 0 Å². The molecule has 0 spiro atoms. The molecule has 0 bridgehead atoms. The van der Waals surface area contributed by atoms with E-state index in [0.717, 1.165) is 56.6 Å². The summed E-state index contributed by atoms with van der Waals surface area (Å²) in [6.07, 6.45) is 1.94. The lowest BCUT2D eigenvalue weighted by molar-refractivity contribution is 0.0768. The number of fused-ring (bicyclic) bond motifs is 1. The van der Waals surface area contributed by atoms with Crippen molar-refractivity contribution in [1.82, 2.24) is 9.47 Å². The summed E-state index contributed by atoms with van der Waals surface area (Å²) in [5.41, 5.74) is 0.595. The third-order valence-corrected chi connectivity index (χ3v) is 7.30. The minimum atomic E-state index is -0.666. The zero-order valence-electron chi connectivity index (χ0n) is 21.1. The lowest BCUT2D eigenvalue weighted by Gasteiger charge is -2.36. The van der Waals surface area contributed by atoms with Crippen LogP contribution in [0.3, 0.4) is 0 Å². The Bertz CT molecular complexity index is 1290. The number of nitrogens with zero attached hydrogens (tertiary/aromatic N) is 3. The summed E-state index contributed by atoms with van der Waals surface area (Å²) < 4.78 is 7.24. The largest absolute Gasteiger partial charge is 0.494 e. The van der Waals surface area contributed by atoms with E-state index in [1.165, 1.54) is 10.6 Å². The number of hydrogen-bond acceptors (Lipinski definition) is 5. The predicted molar refractivity (Wildman–Crippen MR) is 148 cm³/mol. The first kappa shape index (κ1) is 26.5. The Labute approximate surface area is 222 Å². The van der Waals surface area contributed by atoms with Crippen LogP contribution in [0.5, 0.6) is 5.75 Å². The summed E-state index contributed by atoms with van der Waals surface area (Å²) in [4.78, 5) is 30.1. The lowest BCUT2D eigenvalue weighted by atomic mass is 9.95. The van der Waals surface area contributed by atoms with E-state index < -0.39 is 5.41 Å². The maximum atomic E-state index is 12.9. The van der Waals surface area contributed by atoms with Crippen LogP contribution in [-0.4, -0.2) is 54.7 Å². The quantitative estimate of drug-likeness (QED) is 0.352. The van der Waals surface area contributed by atoms with Gasteiger partial charge in [-0.25, -0.2) is 4.57 Å². The number of unbranched alkanes of at least 4 members (excludes halogenated alkanes) is 1. The van der Waals surface area contributed by atoms with Crippen LogP contribution in [0, 0.1) is 5.41 Å². The minimum absolute atomic E-state index is 0.229. The second-order valence-electron chi connectivity index (χ2n) is 10.2. The number of aromatic nitrogens is 1. The van der Waals surface area contributed by atoms with Crippen LogP contribution in [0.2, 0.25) is 10.0 Å². The molecule has 1 aliphatic rings. The molecule has 2 heterocycles. The van der Waals surface area contributed by atoms with Crippen molar-refractivity contribution in [2.45, 2.75) is 33.6 Å². The molecule has 0 amide bonds. The number of carbonyl (C=O) groups is 1. The molecule has 4 rings (SSSR count). The van der Waals surface area contributed by atoms with Crippen molar-refractivity contribution in [3.05, 3.63) is 68.9 Å². The first-order valence-electron chi connectivity index (χ1n) is 12.4. The average molecular weight is 530 g/mol. The number of piperazine rings is 1. The van der Waals surface area contributed by atoms with E-state index in [1.54, 1.807) is 12.1 Å². The van der Waals surface area contributed by atoms with Gasteiger partial charge >= 0.3 is 0 Å². The van der Waals surface area contributed by atoms with Gasteiger partial charge in [-0.05, 0) is 55.1 Å². The van der Waals surface area contributed by atoms with E-state index in [2.05, 4.69) is 9.80 Å². The second-order valence-corrected chi connectivity index (χ2v) is 11.0. The van der Waals surface area contributed by atoms with Crippen LogP contribution < -0.4 is 15.2 Å². The van der Waals surface area contributed by atoms with Crippen molar-refractivity contribution >= 4 is 45.7 Å². The molecule has 0 saturated carbocycles. The number of halogens is 2. The van der Waals surface area contributed by atoms with E-state index in [1.807, 2.05) is 51.1 Å². The van der Waals surface area contributed by atoms with Gasteiger partial charge in [-0.1, -0.05) is 50.0 Å². The van der Waals surface area contributed by atoms with E-state index in [0.29, 0.717) is 27.9 Å². The van der Waals surface area contributed by atoms with Gasteiger partial charge in [-0.15, -0.1) is 0 Å². The summed E-state index contributed by atoms with van der Waals surface area (Å²) in [5, 5.41) is 2.04. The molecule has 6 nitrogen and oxygen atoms in total. The SMILES string of the molecule is CC(C)(C)C(=O)n1c(=O)ccc2ccc(OCCCCN3CCN(c4cccc(Cl)c4Cl)CC3)cc21. The monoisotopic (exact) mass is 529 g/mol. The fraction of sp³-hybridized carbons (Fsp3) is 0.429. The number of hydrogen-bond donors (Lipinski definition) is 0. The van der Waals surface area contributed by atoms with Gasteiger partial charge in [0.25, 0.3) is 5.56 Å². The number of ether oxygens (including phenoxy) is 1. The highest BCUT2D eigenvalue weighted by molar-refractivity contribution is 6.43. The molecule has 1 aliphatic heterocycles.